The van der Waals surface area contributed by atoms with Gasteiger partial charge in [0.2, 0.25) is 11.9 Å². The summed E-state index contributed by atoms with van der Waals surface area (Å²) in [5, 5.41) is 2.83. The van der Waals surface area contributed by atoms with Crippen molar-refractivity contribution in [2.75, 3.05) is 51.9 Å². The summed E-state index contributed by atoms with van der Waals surface area (Å²) in [5.41, 5.74) is 0.662. The van der Waals surface area contributed by atoms with Crippen molar-refractivity contribution in [3.8, 4) is 11.5 Å². The van der Waals surface area contributed by atoms with Crippen molar-refractivity contribution in [1.82, 2.24) is 15.2 Å². The number of carbonyl (C=O) groups is 2. The van der Waals surface area contributed by atoms with E-state index in [4.69, 9.17) is 19.2 Å². The first-order valence-corrected chi connectivity index (χ1v) is 11.2. The molecule has 1 aromatic carbocycles. The van der Waals surface area contributed by atoms with Gasteiger partial charge in [-0.15, -0.1) is 0 Å². The largest absolute Gasteiger partial charge is 0.493 e. The van der Waals surface area contributed by atoms with Crippen LogP contribution in [-0.4, -0.2) is 74.7 Å². The number of pyridine rings is 1. The first-order chi connectivity index (χ1) is 16.5. The Labute approximate surface area is 198 Å². The molecule has 1 amide bonds. The third-order valence-electron chi connectivity index (χ3n) is 5.94. The zero-order valence-corrected chi connectivity index (χ0v) is 19.6. The van der Waals surface area contributed by atoms with Gasteiger partial charge in [-0.2, -0.15) is 0 Å². The number of carbonyl (C=O) groups excluding carboxylic acids is 2. The van der Waals surface area contributed by atoms with Gasteiger partial charge in [-0.1, -0.05) is 12.1 Å². The number of benzene rings is 1. The highest BCUT2D eigenvalue weighted by atomic mass is 16.5. The second-order valence-corrected chi connectivity index (χ2v) is 7.89. The van der Waals surface area contributed by atoms with E-state index in [1.807, 2.05) is 23.1 Å². The Morgan fingerprint density at radius 1 is 1.06 bits per heavy atom. The van der Waals surface area contributed by atoms with Crippen LogP contribution in [0.5, 0.6) is 11.5 Å². The summed E-state index contributed by atoms with van der Waals surface area (Å²) in [6.07, 6.45) is 1.77. The number of aliphatic imine (C=N–C) groups is 1. The molecular weight excluding hydrogens is 438 g/mol. The van der Waals surface area contributed by atoms with Crippen molar-refractivity contribution >= 4 is 23.7 Å². The van der Waals surface area contributed by atoms with E-state index in [2.05, 4.69) is 15.2 Å². The fraction of sp³-hybridized carbons (Fsp3) is 0.417. The summed E-state index contributed by atoms with van der Waals surface area (Å²) in [7, 11) is 3.09. The van der Waals surface area contributed by atoms with Crippen LogP contribution in [0.4, 0.5) is 5.82 Å². The molecule has 10 heteroatoms. The van der Waals surface area contributed by atoms with E-state index < -0.39 is 23.8 Å². The SMILES string of the molecule is CCOC(=O)[C@H]1C(=O)NC(N2CCN(c3ccccn3)CC2)=N[C@H]1c1ccc(OC)c(OC)c1. The maximum Gasteiger partial charge on any atom is 0.321 e. The van der Waals surface area contributed by atoms with Gasteiger partial charge in [0, 0.05) is 32.4 Å². The Hall–Kier alpha value is -3.82. The highest BCUT2D eigenvalue weighted by Gasteiger charge is 2.42. The maximum absolute atomic E-state index is 13.1. The molecule has 1 saturated heterocycles. The summed E-state index contributed by atoms with van der Waals surface area (Å²) < 4.78 is 15.9. The number of guanidine groups is 1. The number of piperazine rings is 1. The van der Waals surface area contributed by atoms with E-state index in [9.17, 15) is 9.59 Å². The first-order valence-electron chi connectivity index (χ1n) is 11.2. The van der Waals surface area contributed by atoms with Crippen LogP contribution < -0.4 is 19.7 Å². The van der Waals surface area contributed by atoms with Gasteiger partial charge in [-0.3, -0.25) is 14.9 Å². The van der Waals surface area contributed by atoms with E-state index in [0.29, 0.717) is 36.1 Å². The van der Waals surface area contributed by atoms with Crippen molar-refractivity contribution in [2.45, 2.75) is 13.0 Å². The van der Waals surface area contributed by atoms with Crippen LogP contribution in [0.1, 0.15) is 18.5 Å². The number of amides is 1. The van der Waals surface area contributed by atoms with E-state index in [1.54, 1.807) is 38.4 Å². The van der Waals surface area contributed by atoms with Gasteiger partial charge in [-0.05, 0) is 36.8 Å². The lowest BCUT2D eigenvalue weighted by Crippen LogP contribution is -2.57. The molecule has 0 spiro atoms. The highest BCUT2D eigenvalue weighted by Crippen LogP contribution is 2.36. The van der Waals surface area contributed by atoms with Crippen molar-refractivity contribution in [3.05, 3.63) is 48.2 Å². The number of rotatable bonds is 6. The predicted molar refractivity (Wildman–Crippen MR) is 126 cm³/mol. The molecule has 0 unspecified atom stereocenters. The highest BCUT2D eigenvalue weighted by molar-refractivity contribution is 6.08. The van der Waals surface area contributed by atoms with Gasteiger partial charge >= 0.3 is 5.97 Å². The van der Waals surface area contributed by atoms with Crippen molar-refractivity contribution in [1.29, 1.82) is 0 Å². The molecule has 1 aromatic heterocycles. The third-order valence-corrected chi connectivity index (χ3v) is 5.94. The van der Waals surface area contributed by atoms with Crippen LogP contribution in [-0.2, 0) is 14.3 Å². The summed E-state index contributed by atoms with van der Waals surface area (Å²) in [5.74, 6) is 0.270. The molecule has 10 nitrogen and oxygen atoms in total. The van der Waals surface area contributed by atoms with Crippen LogP contribution in [0.2, 0.25) is 0 Å². The zero-order chi connectivity index (χ0) is 24.1. The zero-order valence-electron chi connectivity index (χ0n) is 19.6. The van der Waals surface area contributed by atoms with E-state index in [1.165, 1.54) is 7.11 Å². The van der Waals surface area contributed by atoms with Crippen molar-refractivity contribution in [2.24, 2.45) is 10.9 Å². The van der Waals surface area contributed by atoms with E-state index in [0.717, 1.165) is 18.9 Å². The number of hydrogen-bond acceptors (Lipinski definition) is 9. The maximum atomic E-state index is 13.1. The Kier molecular flexibility index (Phi) is 7.15. The number of nitrogens with zero attached hydrogens (tertiary/aromatic N) is 4. The van der Waals surface area contributed by atoms with Gasteiger partial charge in [0.05, 0.1) is 20.8 Å². The van der Waals surface area contributed by atoms with Crippen LogP contribution in [0, 0.1) is 5.92 Å². The Balaban J connectivity index is 1.61. The summed E-state index contributed by atoms with van der Waals surface area (Å²) >= 11 is 0. The lowest BCUT2D eigenvalue weighted by atomic mass is 9.91. The average Bonchev–Trinajstić information content (AvgIpc) is 2.88. The normalized spacial score (nSPS) is 20.3. The Morgan fingerprint density at radius 2 is 1.79 bits per heavy atom. The topological polar surface area (TPSA) is 106 Å². The summed E-state index contributed by atoms with van der Waals surface area (Å²) in [6.45, 7) is 4.65. The molecule has 2 atom stereocenters. The van der Waals surface area contributed by atoms with Crippen molar-refractivity contribution < 1.29 is 23.8 Å². The number of anilines is 1. The monoisotopic (exact) mass is 467 g/mol. The smallest absolute Gasteiger partial charge is 0.321 e. The van der Waals surface area contributed by atoms with Gasteiger partial charge in [-0.25, -0.2) is 9.98 Å². The molecule has 3 heterocycles. The third kappa shape index (κ3) is 4.75. The van der Waals surface area contributed by atoms with Gasteiger partial charge in [0.1, 0.15) is 11.9 Å². The lowest BCUT2D eigenvalue weighted by molar-refractivity contribution is -0.153. The van der Waals surface area contributed by atoms with Crippen LogP contribution in [0.25, 0.3) is 0 Å². The van der Waals surface area contributed by atoms with Crippen molar-refractivity contribution in [3.63, 3.8) is 0 Å². The molecule has 1 N–H and O–H groups in total. The molecule has 2 aliphatic rings. The molecule has 2 aromatic rings. The lowest BCUT2D eigenvalue weighted by Gasteiger charge is -2.39. The van der Waals surface area contributed by atoms with Crippen LogP contribution >= 0.6 is 0 Å². The molecule has 0 aliphatic carbocycles. The number of ether oxygens (including phenoxy) is 3. The van der Waals surface area contributed by atoms with Gasteiger partial charge in [0.25, 0.3) is 0 Å². The molecule has 1 fully saturated rings. The second-order valence-electron chi connectivity index (χ2n) is 7.89. The first kappa shape index (κ1) is 23.3. The predicted octanol–water partition coefficient (Wildman–Crippen LogP) is 1.63. The minimum atomic E-state index is -1.10. The van der Waals surface area contributed by atoms with Crippen LogP contribution in [0.3, 0.4) is 0 Å². The Bertz CT molecular complexity index is 1050. The fourth-order valence-electron chi connectivity index (χ4n) is 4.19. The minimum Gasteiger partial charge on any atom is -0.493 e. The van der Waals surface area contributed by atoms with E-state index >= 15 is 0 Å². The number of aromatic nitrogens is 1. The molecular formula is C24H29N5O5. The summed E-state index contributed by atoms with van der Waals surface area (Å²) in [6, 6.07) is 10.3. The molecule has 34 heavy (non-hydrogen) atoms. The standard InChI is InChI=1S/C24H29N5O5/c1-4-34-23(31)20-21(16-8-9-17(32-2)18(15-16)33-3)26-24(27-22(20)30)29-13-11-28(12-14-29)19-7-5-6-10-25-19/h5-10,15,20-21H,4,11-14H2,1-3H3,(H,26,27,30)/t20-,21+/m1/s1. The minimum absolute atomic E-state index is 0.174. The number of hydrogen-bond donors (Lipinski definition) is 1. The number of nitrogens with one attached hydrogen (secondary N) is 1. The second kappa shape index (κ2) is 10.4. The van der Waals surface area contributed by atoms with E-state index in [-0.39, 0.29) is 6.61 Å². The van der Waals surface area contributed by atoms with Gasteiger partial charge in [0.15, 0.2) is 17.4 Å². The summed E-state index contributed by atoms with van der Waals surface area (Å²) in [4.78, 5) is 39.3. The van der Waals surface area contributed by atoms with Crippen LogP contribution in [0.15, 0.2) is 47.6 Å². The number of esters is 1. The molecule has 2 aliphatic heterocycles. The average molecular weight is 468 g/mol. The molecule has 0 saturated carbocycles. The molecule has 180 valence electrons. The number of methoxy groups -OCH3 is 2. The Morgan fingerprint density at radius 3 is 2.44 bits per heavy atom. The molecule has 0 bridgehead atoms. The molecule has 0 radical (unpaired) electrons. The van der Waals surface area contributed by atoms with Gasteiger partial charge < -0.3 is 24.0 Å². The fourth-order valence-corrected chi connectivity index (χ4v) is 4.19. The quantitative estimate of drug-likeness (QED) is 0.505. The molecule has 4 rings (SSSR count).